The third kappa shape index (κ3) is 2.15. The van der Waals surface area contributed by atoms with Crippen molar-refractivity contribution in [2.24, 2.45) is 17.3 Å². The Hall–Kier alpha value is -0.560. The number of hydrogen-bond donors (Lipinski definition) is 0. The normalized spacial score (nSPS) is 38.5. The Morgan fingerprint density at radius 3 is 2.91 bits per heavy atom. The lowest BCUT2D eigenvalue weighted by molar-refractivity contribution is 0.0814. The highest BCUT2D eigenvalue weighted by molar-refractivity contribution is 9.09. The van der Waals surface area contributed by atoms with Gasteiger partial charge in [-0.2, -0.15) is 0 Å². The second-order valence-electron chi connectivity index (χ2n) is 8.00. The average molecular weight is 359 g/mol. The molecule has 3 aliphatic rings. The summed E-state index contributed by atoms with van der Waals surface area (Å²) in [6, 6.07) is 7.23. The molecule has 0 heterocycles. The summed E-state index contributed by atoms with van der Waals surface area (Å²) >= 11 is 3.62. The molecule has 22 heavy (non-hydrogen) atoms. The van der Waals surface area contributed by atoms with Gasteiger partial charge in [-0.1, -0.05) is 58.3 Å². The molecule has 118 valence electrons. The maximum atomic E-state index is 3.62. The van der Waals surface area contributed by atoms with Crippen LogP contribution in [0.25, 0.3) is 0 Å². The van der Waals surface area contributed by atoms with E-state index in [1.165, 1.54) is 44.1 Å². The van der Waals surface area contributed by atoms with Crippen molar-refractivity contribution in [3.05, 3.63) is 46.5 Å². The first-order valence-electron chi connectivity index (χ1n) is 8.98. The van der Waals surface area contributed by atoms with Gasteiger partial charge in [-0.05, 0) is 79.7 Å². The van der Waals surface area contributed by atoms with Crippen LogP contribution in [0.1, 0.15) is 61.6 Å². The largest absolute Gasteiger partial charge is 0.0883 e. The molecule has 0 spiro atoms. The zero-order valence-electron chi connectivity index (χ0n) is 13.9. The van der Waals surface area contributed by atoms with Crippen molar-refractivity contribution in [1.82, 2.24) is 0 Å². The molecule has 0 aliphatic heterocycles. The molecular formula is C21H27Br. The Morgan fingerprint density at radius 1 is 1.23 bits per heavy atom. The van der Waals surface area contributed by atoms with Gasteiger partial charge >= 0.3 is 0 Å². The minimum absolute atomic E-state index is 0.497. The summed E-state index contributed by atoms with van der Waals surface area (Å²) in [7, 11) is 0. The third-order valence-electron chi connectivity index (χ3n) is 7.05. The van der Waals surface area contributed by atoms with Gasteiger partial charge in [0, 0.05) is 5.33 Å². The van der Waals surface area contributed by atoms with Gasteiger partial charge in [0.15, 0.2) is 0 Å². The molecule has 4 rings (SSSR count). The number of alkyl halides is 1. The lowest BCUT2D eigenvalue weighted by Crippen LogP contribution is -2.40. The molecule has 0 N–H and O–H groups in total. The average Bonchev–Trinajstić information content (AvgIpc) is 2.84. The highest BCUT2D eigenvalue weighted by atomic mass is 79.9. The first-order chi connectivity index (χ1) is 10.6. The fourth-order valence-electron chi connectivity index (χ4n) is 5.99. The van der Waals surface area contributed by atoms with Crippen molar-refractivity contribution in [3.8, 4) is 0 Å². The number of rotatable bonds is 1. The second kappa shape index (κ2) is 5.51. The van der Waals surface area contributed by atoms with Gasteiger partial charge in [0.2, 0.25) is 0 Å². The van der Waals surface area contributed by atoms with Crippen LogP contribution in [-0.4, -0.2) is 5.33 Å². The Balaban J connectivity index is 1.69. The summed E-state index contributed by atoms with van der Waals surface area (Å²) in [5.74, 6) is 2.69. The highest BCUT2D eigenvalue weighted by Gasteiger charge is 2.52. The first kappa shape index (κ1) is 15.0. The fraction of sp³-hybridized carbons (Fsp3) is 0.619. The molecule has 0 saturated heterocycles. The number of aryl methyl sites for hydroxylation is 2. The monoisotopic (exact) mass is 358 g/mol. The molecular weight excluding hydrogens is 332 g/mol. The van der Waals surface area contributed by atoms with Crippen LogP contribution >= 0.6 is 15.9 Å². The predicted octanol–water partition coefficient (Wildman–Crippen LogP) is 6.17. The van der Waals surface area contributed by atoms with E-state index in [1.807, 2.05) is 0 Å². The molecule has 0 amide bonds. The lowest BCUT2D eigenvalue weighted by Gasteiger charge is -2.49. The number of halogens is 1. The van der Waals surface area contributed by atoms with Gasteiger partial charge in [-0.25, -0.2) is 0 Å². The standard InChI is InChI=1S/C21H27Br/c1-14-3-6-17-15(13-14)4-7-19-18(17)9-11-21(2)16(10-12-22)5-8-20(19)21/h3,6,10,13,18-20H,4-5,7-9,11-12H2,1-2H3/b16-10+. The summed E-state index contributed by atoms with van der Waals surface area (Å²) < 4.78 is 0. The van der Waals surface area contributed by atoms with Gasteiger partial charge in [0.25, 0.3) is 0 Å². The van der Waals surface area contributed by atoms with Crippen LogP contribution in [0.5, 0.6) is 0 Å². The van der Waals surface area contributed by atoms with Gasteiger partial charge in [-0.15, -0.1) is 0 Å². The van der Waals surface area contributed by atoms with E-state index < -0.39 is 0 Å². The van der Waals surface area contributed by atoms with Crippen LogP contribution in [0.3, 0.4) is 0 Å². The molecule has 2 fully saturated rings. The van der Waals surface area contributed by atoms with E-state index in [-0.39, 0.29) is 0 Å². The summed E-state index contributed by atoms with van der Waals surface area (Å²) in [4.78, 5) is 0. The summed E-state index contributed by atoms with van der Waals surface area (Å²) in [6.45, 7) is 4.80. The molecule has 4 atom stereocenters. The van der Waals surface area contributed by atoms with Crippen LogP contribution < -0.4 is 0 Å². The first-order valence-corrected chi connectivity index (χ1v) is 10.1. The Labute approximate surface area is 143 Å². The van der Waals surface area contributed by atoms with Crippen molar-refractivity contribution < 1.29 is 0 Å². The Morgan fingerprint density at radius 2 is 2.09 bits per heavy atom. The maximum Gasteiger partial charge on any atom is 0.0214 e. The minimum Gasteiger partial charge on any atom is -0.0883 e. The smallest absolute Gasteiger partial charge is 0.0214 e. The van der Waals surface area contributed by atoms with Crippen molar-refractivity contribution in [1.29, 1.82) is 0 Å². The highest BCUT2D eigenvalue weighted by Crippen LogP contribution is 2.62. The molecule has 0 bridgehead atoms. The topological polar surface area (TPSA) is 0 Å². The van der Waals surface area contributed by atoms with Gasteiger partial charge in [0.1, 0.15) is 0 Å². The van der Waals surface area contributed by atoms with E-state index >= 15 is 0 Å². The summed E-state index contributed by atoms with van der Waals surface area (Å²) in [5.41, 5.74) is 7.03. The number of hydrogen-bond acceptors (Lipinski definition) is 0. The van der Waals surface area contributed by atoms with Crippen LogP contribution in [0.4, 0.5) is 0 Å². The number of fused-ring (bicyclic) bond motifs is 5. The van der Waals surface area contributed by atoms with E-state index in [0.717, 1.165) is 23.1 Å². The summed E-state index contributed by atoms with van der Waals surface area (Å²) in [6.07, 6.45) is 10.8. The quantitative estimate of drug-likeness (QED) is 0.415. The van der Waals surface area contributed by atoms with Crippen LogP contribution in [0.2, 0.25) is 0 Å². The van der Waals surface area contributed by atoms with Gasteiger partial charge in [0.05, 0.1) is 0 Å². The lowest BCUT2D eigenvalue weighted by atomic mass is 9.55. The minimum atomic E-state index is 0.497. The molecule has 4 unspecified atom stereocenters. The van der Waals surface area contributed by atoms with E-state index in [1.54, 1.807) is 16.7 Å². The van der Waals surface area contributed by atoms with Crippen molar-refractivity contribution >= 4 is 15.9 Å². The Bertz CT molecular complexity index is 614. The van der Waals surface area contributed by atoms with E-state index in [2.05, 4.69) is 54.1 Å². The third-order valence-corrected chi connectivity index (χ3v) is 7.38. The van der Waals surface area contributed by atoms with E-state index in [4.69, 9.17) is 0 Å². The van der Waals surface area contributed by atoms with Crippen molar-refractivity contribution in [2.75, 3.05) is 5.33 Å². The van der Waals surface area contributed by atoms with Crippen LogP contribution in [0, 0.1) is 24.2 Å². The fourth-order valence-corrected chi connectivity index (χ4v) is 6.38. The van der Waals surface area contributed by atoms with Gasteiger partial charge in [-0.3, -0.25) is 0 Å². The molecule has 3 aliphatic carbocycles. The van der Waals surface area contributed by atoms with Gasteiger partial charge < -0.3 is 0 Å². The zero-order chi connectivity index (χ0) is 15.3. The predicted molar refractivity (Wildman–Crippen MR) is 97.7 cm³/mol. The molecule has 1 aromatic carbocycles. The van der Waals surface area contributed by atoms with E-state index in [0.29, 0.717) is 5.41 Å². The molecule has 2 saturated carbocycles. The Kier molecular flexibility index (Phi) is 3.76. The molecule has 1 heteroatoms. The molecule has 1 aromatic rings. The van der Waals surface area contributed by atoms with E-state index in [9.17, 15) is 0 Å². The number of allylic oxidation sites excluding steroid dienone is 2. The zero-order valence-corrected chi connectivity index (χ0v) is 15.5. The second-order valence-corrected chi connectivity index (χ2v) is 8.64. The van der Waals surface area contributed by atoms with Crippen LogP contribution in [-0.2, 0) is 6.42 Å². The van der Waals surface area contributed by atoms with Crippen molar-refractivity contribution in [2.45, 2.75) is 58.3 Å². The SMILES string of the molecule is Cc1ccc2c(c1)CCC1C2CCC2(C)/C(=C/CBr)CCC12. The molecule has 0 nitrogen and oxygen atoms in total. The number of benzene rings is 1. The molecule has 0 radical (unpaired) electrons. The maximum absolute atomic E-state index is 3.62. The molecule has 0 aromatic heterocycles. The van der Waals surface area contributed by atoms with Crippen LogP contribution in [0.15, 0.2) is 29.8 Å². The van der Waals surface area contributed by atoms with Crippen molar-refractivity contribution in [3.63, 3.8) is 0 Å². The summed E-state index contributed by atoms with van der Waals surface area (Å²) in [5, 5.41) is 1.03.